The van der Waals surface area contributed by atoms with Gasteiger partial charge in [-0.05, 0) is 55.3 Å². The predicted octanol–water partition coefficient (Wildman–Crippen LogP) is 4.87. The highest BCUT2D eigenvalue weighted by Gasteiger charge is 2.22. The third-order valence-electron chi connectivity index (χ3n) is 4.94. The fourth-order valence-corrected chi connectivity index (χ4v) is 3.67. The predicted molar refractivity (Wildman–Crippen MR) is 130 cm³/mol. The number of carbonyl (C=O) groups is 2. The minimum Gasteiger partial charge on any atom is -0.462 e. The number of amides is 2. The smallest absolute Gasteiger partial charge is 0.340 e. The van der Waals surface area contributed by atoms with Crippen molar-refractivity contribution in [3.63, 3.8) is 0 Å². The number of hydrogen-bond donors (Lipinski definition) is 3. The maximum absolute atomic E-state index is 12.6. The molecule has 0 aliphatic rings. The molecule has 10 heteroatoms. The molecule has 0 aliphatic carbocycles. The van der Waals surface area contributed by atoms with Gasteiger partial charge in [-0.3, -0.25) is 0 Å². The van der Waals surface area contributed by atoms with Gasteiger partial charge in [0.15, 0.2) is 5.82 Å². The fourth-order valence-electron chi connectivity index (χ4n) is 3.43. The average Bonchev–Trinajstić information content (AvgIpc) is 3.18. The SMILES string of the molecule is CCOC(=O)c1cn2ncnc(N)c2c1-c1ccc(NC(=O)Nc2ccc(Br)c(C)c2)cc1. The quantitative estimate of drug-likeness (QED) is 0.330. The van der Waals surface area contributed by atoms with Crippen molar-refractivity contribution in [2.45, 2.75) is 13.8 Å². The summed E-state index contributed by atoms with van der Waals surface area (Å²) < 4.78 is 7.67. The van der Waals surface area contributed by atoms with Gasteiger partial charge in [-0.2, -0.15) is 5.10 Å². The van der Waals surface area contributed by atoms with Crippen LogP contribution in [0.2, 0.25) is 0 Å². The number of nitrogens with one attached hydrogen (secondary N) is 2. The van der Waals surface area contributed by atoms with Crippen LogP contribution in [0.5, 0.6) is 0 Å². The molecule has 33 heavy (non-hydrogen) atoms. The van der Waals surface area contributed by atoms with Crippen LogP contribution < -0.4 is 16.4 Å². The van der Waals surface area contributed by atoms with Crippen LogP contribution in [0.15, 0.2) is 59.5 Å². The number of benzene rings is 2. The van der Waals surface area contributed by atoms with Crippen molar-refractivity contribution in [2.75, 3.05) is 23.0 Å². The topological polar surface area (TPSA) is 124 Å². The molecule has 0 saturated heterocycles. The number of ether oxygens (including phenoxy) is 1. The van der Waals surface area contributed by atoms with Crippen molar-refractivity contribution in [3.05, 3.63) is 70.6 Å². The van der Waals surface area contributed by atoms with E-state index in [4.69, 9.17) is 10.5 Å². The fraction of sp³-hybridized carbons (Fsp3) is 0.130. The number of halogens is 1. The molecule has 2 aromatic heterocycles. The number of hydrogen-bond acceptors (Lipinski definition) is 6. The second-order valence-corrected chi connectivity index (χ2v) is 8.05. The Labute approximate surface area is 198 Å². The molecule has 0 bridgehead atoms. The minimum absolute atomic E-state index is 0.238. The van der Waals surface area contributed by atoms with Crippen LogP contribution in [0.25, 0.3) is 16.6 Å². The van der Waals surface area contributed by atoms with Crippen LogP contribution in [-0.4, -0.2) is 33.2 Å². The van der Waals surface area contributed by atoms with E-state index in [1.54, 1.807) is 43.5 Å². The lowest BCUT2D eigenvalue weighted by atomic mass is 10.0. The van der Waals surface area contributed by atoms with Gasteiger partial charge >= 0.3 is 12.0 Å². The number of nitrogens with two attached hydrogens (primary N) is 1. The van der Waals surface area contributed by atoms with Crippen molar-refractivity contribution in [3.8, 4) is 11.1 Å². The molecule has 4 N–H and O–H groups in total. The van der Waals surface area contributed by atoms with Crippen LogP contribution in [-0.2, 0) is 4.74 Å². The lowest BCUT2D eigenvalue weighted by molar-refractivity contribution is 0.0527. The highest BCUT2D eigenvalue weighted by Crippen LogP contribution is 2.33. The third kappa shape index (κ3) is 4.65. The summed E-state index contributed by atoms with van der Waals surface area (Å²) in [5.74, 6) is -0.245. The minimum atomic E-state index is -0.483. The average molecular weight is 509 g/mol. The number of nitrogens with zero attached hydrogens (tertiary/aromatic N) is 3. The summed E-state index contributed by atoms with van der Waals surface area (Å²) in [6, 6.07) is 12.2. The first kappa shape index (κ1) is 22.3. The lowest BCUT2D eigenvalue weighted by Crippen LogP contribution is -2.19. The zero-order valence-electron chi connectivity index (χ0n) is 17.9. The van der Waals surface area contributed by atoms with Gasteiger partial charge in [0.2, 0.25) is 0 Å². The van der Waals surface area contributed by atoms with Crippen LogP contribution in [0, 0.1) is 6.92 Å². The number of nitrogen functional groups attached to an aromatic ring is 1. The number of rotatable bonds is 5. The second kappa shape index (κ2) is 9.29. The molecule has 2 amide bonds. The molecule has 0 fully saturated rings. The van der Waals surface area contributed by atoms with E-state index < -0.39 is 5.97 Å². The molecule has 0 spiro atoms. The van der Waals surface area contributed by atoms with E-state index >= 15 is 0 Å². The summed E-state index contributed by atoms with van der Waals surface area (Å²) in [6.07, 6.45) is 2.89. The van der Waals surface area contributed by atoms with Crippen LogP contribution >= 0.6 is 15.9 Å². The number of urea groups is 1. The zero-order chi connectivity index (χ0) is 23.5. The van der Waals surface area contributed by atoms with E-state index in [-0.39, 0.29) is 18.5 Å². The highest BCUT2D eigenvalue weighted by molar-refractivity contribution is 9.10. The summed E-state index contributed by atoms with van der Waals surface area (Å²) in [6.45, 7) is 3.92. The number of anilines is 3. The van der Waals surface area contributed by atoms with Gasteiger partial charge < -0.3 is 21.1 Å². The van der Waals surface area contributed by atoms with Gasteiger partial charge in [-0.15, -0.1) is 0 Å². The Morgan fingerprint density at radius 3 is 2.52 bits per heavy atom. The van der Waals surface area contributed by atoms with Gasteiger partial charge in [0.1, 0.15) is 11.8 Å². The first-order valence-corrected chi connectivity index (χ1v) is 10.9. The Bertz CT molecular complexity index is 1350. The van der Waals surface area contributed by atoms with Gasteiger partial charge in [-0.1, -0.05) is 28.1 Å². The number of aryl methyl sites for hydroxylation is 1. The standard InChI is InChI=1S/C23H21BrN6O3/c1-3-33-22(31)17-11-30-20(21(25)26-12-27-30)19(17)14-4-6-15(7-5-14)28-23(32)29-16-8-9-18(24)13(2)10-16/h4-12H,3H2,1-2H3,(H2,25,26,27)(H2,28,29,32). The molecule has 168 valence electrons. The lowest BCUT2D eigenvalue weighted by Gasteiger charge is -2.10. The molecule has 2 heterocycles. The van der Waals surface area contributed by atoms with E-state index in [1.807, 2.05) is 19.1 Å². The maximum Gasteiger partial charge on any atom is 0.340 e. The number of fused-ring (bicyclic) bond motifs is 1. The Balaban J connectivity index is 1.60. The van der Waals surface area contributed by atoms with E-state index in [0.29, 0.717) is 33.6 Å². The summed E-state index contributed by atoms with van der Waals surface area (Å²) in [5, 5.41) is 9.75. The van der Waals surface area contributed by atoms with Crippen LogP contribution in [0.4, 0.5) is 22.0 Å². The molecule has 0 atom stereocenters. The number of aromatic nitrogens is 3. The molecule has 9 nitrogen and oxygen atoms in total. The van der Waals surface area contributed by atoms with Crippen molar-refractivity contribution < 1.29 is 14.3 Å². The van der Waals surface area contributed by atoms with E-state index in [2.05, 4.69) is 36.6 Å². The van der Waals surface area contributed by atoms with Gasteiger partial charge in [-0.25, -0.2) is 19.1 Å². The summed E-state index contributed by atoms with van der Waals surface area (Å²) in [7, 11) is 0. The van der Waals surface area contributed by atoms with Crippen molar-refractivity contribution in [1.29, 1.82) is 0 Å². The molecular formula is C23H21BrN6O3. The van der Waals surface area contributed by atoms with E-state index in [9.17, 15) is 9.59 Å². The van der Waals surface area contributed by atoms with Gasteiger partial charge in [0.25, 0.3) is 0 Å². The van der Waals surface area contributed by atoms with E-state index in [0.717, 1.165) is 10.0 Å². The molecule has 4 aromatic rings. The highest BCUT2D eigenvalue weighted by atomic mass is 79.9. The zero-order valence-corrected chi connectivity index (χ0v) is 19.5. The summed E-state index contributed by atoms with van der Waals surface area (Å²) in [5.41, 5.74) is 10.4. The third-order valence-corrected chi connectivity index (χ3v) is 5.83. The first-order valence-electron chi connectivity index (χ1n) is 10.1. The Hall–Kier alpha value is -3.92. The molecule has 0 radical (unpaired) electrons. The maximum atomic E-state index is 12.6. The number of esters is 1. The first-order chi connectivity index (χ1) is 15.9. The van der Waals surface area contributed by atoms with Crippen LogP contribution in [0.1, 0.15) is 22.8 Å². The Morgan fingerprint density at radius 2 is 1.82 bits per heavy atom. The molecule has 2 aromatic carbocycles. The molecule has 4 rings (SSSR count). The second-order valence-electron chi connectivity index (χ2n) is 7.20. The summed E-state index contributed by atoms with van der Waals surface area (Å²) in [4.78, 5) is 29.0. The monoisotopic (exact) mass is 508 g/mol. The summed E-state index contributed by atoms with van der Waals surface area (Å²) >= 11 is 3.44. The van der Waals surface area contributed by atoms with E-state index in [1.165, 1.54) is 10.8 Å². The molecule has 0 aliphatic heterocycles. The number of carbonyl (C=O) groups excluding carboxylic acids is 2. The van der Waals surface area contributed by atoms with Crippen LogP contribution in [0.3, 0.4) is 0 Å². The van der Waals surface area contributed by atoms with Gasteiger partial charge in [0, 0.05) is 27.6 Å². The largest absolute Gasteiger partial charge is 0.462 e. The molecular weight excluding hydrogens is 488 g/mol. The Morgan fingerprint density at radius 1 is 1.12 bits per heavy atom. The molecule has 0 unspecified atom stereocenters. The van der Waals surface area contributed by atoms with Crippen molar-refractivity contribution in [2.24, 2.45) is 0 Å². The van der Waals surface area contributed by atoms with Crippen molar-refractivity contribution in [1.82, 2.24) is 14.6 Å². The van der Waals surface area contributed by atoms with Crippen molar-refractivity contribution >= 4 is 50.6 Å². The molecule has 0 saturated carbocycles. The van der Waals surface area contributed by atoms with Gasteiger partial charge in [0.05, 0.1) is 12.2 Å². The normalized spacial score (nSPS) is 10.8. The Kier molecular flexibility index (Phi) is 6.27.